The van der Waals surface area contributed by atoms with Gasteiger partial charge in [-0.3, -0.25) is 0 Å². The molecule has 0 aliphatic carbocycles. The van der Waals surface area contributed by atoms with Gasteiger partial charge in [-0.1, -0.05) is 36.4 Å². The lowest BCUT2D eigenvalue weighted by molar-refractivity contribution is -0.789. The van der Waals surface area contributed by atoms with Crippen molar-refractivity contribution in [2.75, 3.05) is 75.3 Å². The molecule has 2 aromatic carbocycles. The molecule has 0 saturated carbocycles. The Morgan fingerprint density at radius 1 is 0.812 bits per heavy atom. The fourth-order valence-corrected chi connectivity index (χ4v) is 6.88. The summed E-state index contributed by atoms with van der Waals surface area (Å²) in [4.78, 5) is 13.4. The number of amides is 2. The summed E-state index contributed by atoms with van der Waals surface area (Å²) in [5.74, 6) is -3.49. The van der Waals surface area contributed by atoms with Gasteiger partial charge in [-0.05, 0) is 47.5 Å². The van der Waals surface area contributed by atoms with Gasteiger partial charge in [0.25, 0.3) is 0 Å². The van der Waals surface area contributed by atoms with E-state index in [1.807, 2.05) is 47.2 Å². The molecular formula is C35H56N3O9S+3. The maximum absolute atomic E-state index is 13.4. The van der Waals surface area contributed by atoms with E-state index in [9.17, 15) is 13.2 Å². The first-order chi connectivity index (χ1) is 21.9. The zero-order chi connectivity index (χ0) is 36.0. The van der Waals surface area contributed by atoms with Gasteiger partial charge in [-0.25, -0.2) is 8.37 Å². The Labute approximate surface area is 286 Å². The Bertz CT molecular complexity index is 1550. The second kappa shape index (κ2) is 13.1. The van der Waals surface area contributed by atoms with E-state index in [4.69, 9.17) is 28.4 Å². The van der Waals surface area contributed by atoms with Crippen LogP contribution in [0.3, 0.4) is 0 Å². The lowest BCUT2D eigenvalue weighted by Gasteiger charge is -2.42. The fraction of sp³-hybridized carbons (Fsp3) is 0.629. The Kier molecular flexibility index (Phi) is 10.5. The van der Waals surface area contributed by atoms with Crippen LogP contribution in [0.1, 0.15) is 45.7 Å². The van der Waals surface area contributed by atoms with Crippen molar-refractivity contribution in [3.8, 4) is 0 Å². The molecule has 3 aliphatic rings. The second-order valence-electron chi connectivity index (χ2n) is 15.6. The number of fused-ring (bicyclic) bond motifs is 3. The molecule has 12 nitrogen and oxygen atoms in total. The van der Waals surface area contributed by atoms with Crippen LogP contribution in [0.2, 0.25) is 0 Å². The van der Waals surface area contributed by atoms with Crippen LogP contribution < -0.4 is 4.48 Å². The fourth-order valence-electron chi connectivity index (χ4n) is 6.27. The van der Waals surface area contributed by atoms with Crippen molar-refractivity contribution < 1.29 is 50.0 Å². The standard InChI is InChI=1S/C19H24N2O.C16H32NO8S/c1-20(2,3)19(22)21(4)17-11-7-5-9-15(17)13-14-16-10-6-8-12-18(16)21;1-13(2)24-14(3)9-21-15(4,22-11-23-16(14,5)25-13)10-20-12-26(18,19)17(6,7)8/h5-12H,13-14H2,1-4H3;9-12H2,1-8H3/q+2;+1. The minimum Gasteiger partial charge on any atom is -0.354 e. The number of benzene rings is 2. The smallest absolute Gasteiger partial charge is 0.354 e. The molecule has 3 aliphatic heterocycles. The van der Waals surface area contributed by atoms with Crippen LogP contribution >= 0.6 is 0 Å². The maximum Gasteiger partial charge on any atom is 0.523 e. The summed E-state index contributed by atoms with van der Waals surface area (Å²) in [5.41, 5.74) is 3.87. The summed E-state index contributed by atoms with van der Waals surface area (Å²) in [6.07, 6.45) is 1.96. The second-order valence-corrected chi connectivity index (χ2v) is 18.1. The van der Waals surface area contributed by atoms with Gasteiger partial charge in [0.1, 0.15) is 12.2 Å². The highest BCUT2D eigenvalue weighted by atomic mass is 32.2. The van der Waals surface area contributed by atoms with Crippen LogP contribution in [0, 0.1) is 0 Å². The van der Waals surface area contributed by atoms with Crippen molar-refractivity contribution in [2.45, 2.75) is 70.4 Å². The largest absolute Gasteiger partial charge is 0.523 e. The van der Waals surface area contributed by atoms with E-state index >= 15 is 0 Å². The van der Waals surface area contributed by atoms with E-state index in [0.717, 1.165) is 24.2 Å². The normalized spacial score (nSPS) is 28.3. The maximum atomic E-state index is 13.4. The van der Waals surface area contributed by atoms with Gasteiger partial charge in [0.2, 0.25) is 5.79 Å². The van der Waals surface area contributed by atoms with Crippen molar-refractivity contribution in [1.29, 1.82) is 0 Å². The third-order valence-electron chi connectivity index (χ3n) is 9.22. The van der Waals surface area contributed by atoms with E-state index in [-0.39, 0.29) is 34.4 Å². The lowest BCUT2D eigenvalue weighted by atomic mass is 9.97. The van der Waals surface area contributed by atoms with Crippen LogP contribution in [0.4, 0.5) is 16.2 Å². The highest BCUT2D eigenvalue weighted by Crippen LogP contribution is 2.46. The number of hydrogen-bond acceptors (Lipinski definition) is 9. The molecule has 5 rings (SSSR count). The highest BCUT2D eigenvalue weighted by molar-refractivity contribution is 7.85. The van der Waals surface area contributed by atoms with Gasteiger partial charge < -0.3 is 28.4 Å². The minimum absolute atomic E-state index is 0.0768. The van der Waals surface area contributed by atoms with Crippen molar-refractivity contribution in [3.63, 3.8) is 0 Å². The van der Waals surface area contributed by atoms with Gasteiger partial charge in [0.15, 0.2) is 35.7 Å². The quantitative estimate of drug-likeness (QED) is 0.406. The monoisotopic (exact) mass is 694 g/mol. The van der Waals surface area contributed by atoms with Crippen LogP contribution in [0.25, 0.3) is 0 Å². The number of nitrogens with zero attached hydrogens (tertiary/aromatic N) is 3. The summed E-state index contributed by atoms with van der Waals surface area (Å²) in [6.45, 7) is 8.82. The number of ether oxygens (including phenoxy) is 6. The van der Waals surface area contributed by atoms with E-state index in [1.54, 1.807) is 48.8 Å². The lowest BCUT2D eigenvalue weighted by Crippen LogP contribution is -2.59. The van der Waals surface area contributed by atoms with Crippen LogP contribution in [0.15, 0.2) is 48.5 Å². The summed E-state index contributed by atoms with van der Waals surface area (Å²) in [6, 6.07) is 16.9. The Hall–Kier alpha value is -2.30. The predicted molar refractivity (Wildman–Crippen MR) is 183 cm³/mol. The van der Waals surface area contributed by atoms with Gasteiger partial charge in [-0.15, -0.1) is 4.48 Å². The molecule has 0 N–H and O–H groups in total. The molecule has 0 aromatic heterocycles. The molecule has 13 heteroatoms. The van der Waals surface area contributed by atoms with Gasteiger partial charge >= 0.3 is 16.1 Å². The number of rotatable bonds is 5. The number of hydrogen-bond donors (Lipinski definition) is 0. The Balaban J connectivity index is 0.000000219. The summed E-state index contributed by atoms with van der Waals surface area (Å²) in [5, 5.41) is 0. The van der Waals surface area contributed by atoms with Gasteiger partial charge in [0, 0.05) is 23.3 Å². The molecular weight excluding hydrogens is 638 g/mol. The Morgan fingerprint density at radius 3 is 1.83 bits per heavy atom. The van der Waals surface area contributed by atoms with Crippen molar-refractivity contribution in [2.24, 2.45) is 0 Å². The summed E-state index contributed by atoms with van der Waals surface area (Å²) in [7, 11) is 9.11. The number of carbonyl (C=O) groups is 1. The molecule has 2 aromatic rings. The highest BCUT2D eigenvalue weighted by Gasteiger charge is 2.61. The molecule has 2 saturated heterocycles. The van der Waals surface area contributed by atoms with E-state index in [2.05, 4.69) is 36.4 Å². The van der Waals surface area contributed by atoms with Crippen molar-refractivity contribution >= 4 is 27.4 Å². The van der Waals surface area contributed by atoms with Gasteiger partial charge in [0.05, 0.1) is 55.9 Å². The van der Waals surface area contributed by atoms with Gasteiger partial charge in [-0.2, -0.15) is 13.2 Å². The van der Waals surface area contributed by atoms with Crippen molar-refractivity contribution in [1.82, 2.24) is 4.48 Å². The average molecular weight is 695 g/mol. The molecule has 2 fully saturated rings. The molecule has 0 radical (unpaired) electrons. The summed E-state index contributed by atoms with van der Waals surface area (Å²) >= 11 is 0. The van der Waals surface area contributed by atoms with Crippen molar-refractivity contribution in [3.05, 3.63) is 59.7 Å². The van der Waals surface area contributed by atoms with E-state index in [1.165, 1.54) is 11.1 Å². The third kappa shape index (κ3) is 7.70. The topological polar surface area (TPSA) is 107 Å². The number of para-hydroxylation sites is 2. The van der Waals surface area contributed by atoms with Crippen LogP contribution in [-0.4, -0.2) is 121 Å². The molecule has 268 valence electrons. The number of urea groups is 1. The molecule has 3 unspecified atom stereocenters. The zero-order valence-corrected chi connectivity index (χ0v) is 31.6. The first-order valence-corrected chi connectivity index (χ1v) is 17.8. The predicted octanol–water partition coefficient (Wildman–Crippen LogP) is 4.87. The number of sulfonamides is 1. The third-order valence-corrected chi connectivity index (χ3v) is 11.4. The molecule has 0 spiro atoms. The van der Waals surface area contributed by atoms with Crippen LogP contribution in [-0.2, 0) is 51.3 Å². The average Bonchev–Trinajstić information content (AvgIpc) is 3.06. The molecule has 3 atom stereocenters. The Morgan fingerprint density at radius 2 is 1.33 bits per heavy atom. The summed E-state index contributed by atoms with van der Waals surface area (Å²) < 4.78 is 59.2. The number of quaternary nitrogens is 3. The molecule has 2 amide bonds. The van der Waals surface area contributed by atoms with Crippen LogP contribution in [0.5, 0.6) is 0 Å². The number of carbonyl (C=O) groups excluding carboxylic acids is 1. The SMILES string of the molecule is CC1(C)OC2(C)COC(C)(COCS(=O)(=O)[N+](C)(C)C)OCOC2(C)O1.C[N+](C)(C)C(=O)[N+]1(C)c2ccccc2CCc2ccccc21. The molecule has 3 heterocycles. The van der Waals surface area contributed by atoms with E-state index < -0.39 is 38.9 Å². The number of aryl methyl sites for hydroxylation is 2. The molecule has 0 bridgehead atoms. The molecule has 48 heavy (non-hydrogen) atoms. The first kappa shape index (κ1) is 38.5. The minimum atomic E-state index is -3.46. The zero-order valence-electron chi connectivity index (χ0n) is 30.8. The first-order valence-electron chi connectivity index (χ1n) is 16.2. The van der Waals surface area contributed by atoms with E-state index in [0.29, 0.717) is 4.48 Å².